The Balaban J connectivity index is 0.000000106. The number of nitrogens with zero attached hydrogens (tertiary/aromatic N) is 18. The third kappa shape index (κ3) is 18.7. The van der Waals surface area contributed by atoms with E-state index in [2.05, 4.69) is 0 Å². The average Bonchev–Trinajstić information content (AvgIpc) is 1.64. The second kappa shape index (κ2) is 39.9. The van der Waals surface area contributed by atoms with Gasteiger partial charge in [-0.05, 0) is 72.8 Å². The highest BCUT2D eigenvalue weighted by molar-refractivity contribution is 7.16. The van der Waals surface area contributed by atoms with Crippen molar-refractivity contribution in [1.29, 1.82) is 0 Å². The number of fused-ring (bicyclic) bond motifs is 6. The van der Waals surface area contributed by atoms with Crippen LogP contribution >= 0.6 is 68.0 Å². The second-order valence-corrected chi connectivity index (χ2v) is 35.4. The minimum absolute atomic E-state index is 0.0843. The first kappa shape index (κ1) is 89.3. The summed E-state index contributed by atoms with van der Waals surface area (Å²) in [6.45, 7) is 0. The van der Waals surface area contributed by atoms with E-state index in [-0.39, 0.29) is 34.1 Å². The van der Waals surface area contributed by atoms with E-state index >= 15 is 0 Å². The summed E-state index contributed by atoms with van der Waals surface area (Å²) >= 11 is 9.38. The first-order valence-electron chi connectivity index (χ1n) is 42.0. The van der Waals surface area contributed by atoms with Gasteiger partial charge in [-0.25, -0.2) is 29.9 Å². The van der Waals surface area contributed by atoms with E-state index in [1.54, 1.807) is 141 Å². The number of hydrogen-bond donors (Lipinski definition) is 0. The van der Waals surface area contributed by atoms with Crippen LogP contribution in [0, 0.1) is 60.7 Å². The summed E-state index contributed by atoms with van der Waals surface area (Å²) in [5.41, 5.74) is 23.0. The minimum Gasteiger partial charge on any atom is -0.290 e. The fourth-order valence-corrected chi connectivity index (χ4v) is 19.9. The zero-order valence-corrected chi connectivity index (χ0v) is 76.4. The van der Waals surface area contributed by atoms with Gasteiger partial charge in [0.2, 0.25) is 0 Å². The van der Waals surface area contributed by atoms with Gasteiger partial charge in [-0.15, -0.1) is 68.0 Å². The Morgan fingerprint density at radius 1 is 0.167 bits per heavy atom. The van der Waals surface area contributed by atoms with Crippen LogP contribution in [0.1, 0.15) is 0 Å². The third-order valence-electron chi connectivity index (χ3n) is 22.0. The lowest BCUT2D eigenvalue weighted by Crippen LogP contribution is -1.90. The van der Waals surface area contributed by atoms with Crippen molar-refractivity contribution in [3.63, 3.8) is 0 Å². The zero-order valence-electron chi connectivity index (χ0n) is 71.5. The number of aromatic nitrogens is 12. The maximum Gasteiger partial charge on any atom is 0.269 e. The monoisotopic (exact) mass is 1930 g/mol. The fraction of sp³-hybridized carbons (Fsp3) is 0. The van der Waals surface area contributed by atoms with Crippen molar-refractivity contribution in [2.75, 3.05) is 0 Å². The second-order valence-electron chi connectivity index (χ2n) is 30.2. The zero-order chi connectivity index (χ0) is 94.9. The van der Waals surface area contributed by atoms with E-state index in [0.29, 0.717) is 0 Å². The maximum atomic E-state index is 10.8. The van der Waals surface area contributed by atoms with Crippen LogP contribution in [-0.4, -0.2) is 85.8 Å². The first-order valence-corrected chi connectivity index (χ1v) is 47.3. The molecule has 138 heavy (non-hydrogen) atoms. The lowest BCUT2D eigenvalue weighted by molar-refractivity contribution is -0.385. The lowest BCUT2D eigenvalue weighted by Gasteiger charge is -2.05. The molecule has 0 aliphatic carbocycles. The van der Waals surface area contributed by atoms with Gasteiger partial charge in [-0.1, -0.05) is 182 Å². The van der Waals surface area contributed by atoms with Gasteiger partial charge < -0.3 is 0 Å². The Bertz CT molecular complexity index is 7210. The third-order valence-corrected chi connectivity index (χ3v) is 26.5. The van der Waals surface area contributed by atoms with Crippen LogP contribution in [0.5, 0.6) is 0 Å². The predicted octanol–water partition coefficient (Wildman–Crippen LogP) is 27.8. The predicted molar refractivity (Wildman–Crippen MR) is 544 cm³/mol. The summed E-state index contributed by atoms with van der Waals surface area (Å²) in [6.07, 6.45) is 11.8. The molecule has 0 amide bonds. The molecule has 0 radical (unpaired) electrons. The Kier molecular flexibility index (Phi) is 25.8. The van der Waals surface area contributed by atoms with Crippen molar-refractivity contribution < 1.29 is 29.5 Å². The molecule has 12 aromatic carbocycles. The number of rotatable bonds is 18. The smallest absolute Gasteiger partial charge is 0.269 e. The molecule has 36 heteroatoms. The van der Waals surface area contributed by atoms with Crippen LogP contribution in [0.3, 0.4) is 0 Å². The highest BCUT2D eigenvalue weighted by atomic mass is 32.1. The number of non-ortho nitro benzene ring substituents is 6. The molecule has 12 aromatic heterocycles. The van der Waals surface area contributed by atoms with E-state index in [1.807, 2.05) is 278 Å². The Labute approximate surface area is 804 Å². The summed E-state index contributed by atoms with van der Waals surface area (Å²) in [6, 6.07) is 99.2. The average molecular weight is 1930 g/mol. The van der Waals surface area contributed by atoms with Crippen LogP contribution < -0.4 is 0 Å². The molecule has 0 fully saturated rings. The largest absolute Gasteiger partial charge is 0.290 e. The Morgan fingerprint density at radius 2 is 0.290 bits per heavy atom. The van der Waals surface area contributed by atoms with E-state index in [1.165, 1.54) is 72.8 Å². The van der Waals surface area contributed by atoms with Crippen molar-refractivity contribution in [2.45, 2.75) is 0 Å². The molecule has 0 saturated carbocycles. The van der Waals surface area contributed by atoms with Crippen LogP contribution in [0.25, 0.3) is 165 Å². The highest BCUT2D eigenvalue weighted by Gasteiger charge is 2.26. The van der Waals surface area contributed by atoms with Crippen molar-refractivity contribution in [3.05, 3.63) is 458 Å². The number of benzene rings is 12. The molecule has 24 aromatic rings. The SMILES string of the molecule is O=[N+]([O-])c1ccc(-c2c(-c3ccccc3)nc3sccn23)cc1.O=[N+]([O-])c1ccc(-c2c(-c3ccccc3)nc3sccn23)cc1.O=[N+]([O-])c1ccc(-c2c(-c3ccccc3)nc3sccn23)cc1.O=[N+]([O-])c1ccc(-c2c(-c3ccccc3)nc3sccn23)cc1.O=[N+]([O-])c1ccc(-c2c(-c3ccccc3)nc3sccn23)cc1.O=[N+]([O-])c1ccc(-c2c(-c3ccccc3)nc3sccn23)cc1. The van der Waals surface area contributed by atoms with Gasteiger partial charge >= 0.3 is 0 Å². The van der Waals surface area contributed by atoms with Gasteiger partial charge in [0.05, 0.1) is 97.9 Å². The van der Waals surface area contributed by atoms with Crippen LogP contribution in [0.4, 0.5) is 34.1 Å². The van der Waals surface area contributed by atoms with Gasteiger partial charge in [0.25, 0.3) is 34.1 Å². The maximum absolute atomic E-state index is 10.8. The lowest BCUT2D eigenvalue weighted by atomic mass is 10.0. The molecular formula is C102H66N18O12S6. The van der Waals surface area contributed by atoms with E-state index < -0.39 is 29.5 Å². The molecule has 0 bridgehead atoms. The van der Waals surface area contributed by atoms with Crippen molar-refractivity contribution in [2.24, 2.45) is 0 Å². The molecule has 30 nitrogen and oxygen atoms in total. The van der Waals surface area contributed by atoms with Gasteiger partial charge in [0.15, 0.2) is 29.8 Å². The molecule has 0 unspecified atom stereocenters. The number of thiazole rings is 6. The molecule has 24 rings (SSSR count). The normalized spacial score (nSPS) is 11.0. The van der Waals surface area contributed by atoms with Crippen molar-refractivity contribution in [1.82, 2.24) is 56.3 Å². The number of hydrogen-bond acceptors (Lipinski definition) is 24. The molecule has 0 spiro atoms. The number of nitro benzene ring substituents is 6. The quantitative estimate of drug-likeness (QED) is 0.0569. The van der Waals surface area contributed by atoms with Gasteiger partial charge in [-0.3, -0.25) is 87.1 Å². The fourth-order valence-electron chi connectivity index (χ4n) is 15.6. The molecular weight excluding hydrogens is 1860 g/mol. The minimum atomic E-state index is -0.390. The number of nitro groups is 6. The van der Waals surface area contributed by atoms with Crippen molar-refractivity contribution in [3.8, 4) is 135 Å². The van der Waals surface area contributed by atoms with E-state index in [9.17, 15) is 60.7 Å². The molecule has 0 saturated heterocycles. The summed E-state index contributed by atoms with van der Waals surface area (Å²) in [5, 5.41) is 77.0. The van der Waals surface area contributed by atoms with Crippen LogP contribution in [0.15, 0.2) is 397 Å². The first-order chi connectivity index (χ1) is 67.4. The summed E-state index contributed by atoms with van der Waals surface area (Å²) in [5.74, 6) is 0. The number of imidazole rings is 6. The Morgan fingerprint density at radius 3 is 0.406 bits per heavy atom. The standard InChI is InChI=1S/6C17H11N3O2S/c6*21-20(22)14-8-6-13(7-9-14)16-15(12-4-2-1-3-5-12)18-17-19(16)10-11-23-17/h6*1-11H. The van der Waals surface area contributed by atoms with Gasteiger partial charge in [-0.2, -0.15) is 0 Å². The van der Waals surface area contributed by atoms with Gasteiger partial charge in [0.1, 0.15) is 0 Å². The van der Waals surface area contributed by atoms with E-state index in [0.717, 1.165) is 165 Å². The van der Waals surface area contributed by atoms with Crippen molar-refractivity contribution >= 4 is 132 Å². The highest BCUT2D eigenvalue weighted by Crippen LogP contribution is 2.43. The molecule has 0 aliphatic rings. The molecule has 0 aliphatic heterocycles. The van der Waals surface area contributed by atoms with E-state index in [4.69, 9.17) is 29.9 Å². The summed E-state index contributed by atoms with van der Waals surface area (Å²) in [7, 11) is 0. The van der Waals surface area contributed by atoms with Crippen LogP contribution in [0.2, 0.25) is 0 Å². The topological polar surface area (TPSA) is 363 Å². The molecule has 0 atom stereocenters. The molecule has 0 N–H and O–H groups in total. The summed E-state index contributed by atoms with van der Waals surface area (Å²) in [4.78, 5) is 96.5. The van der Waals surface area contributed by atoms with Crippen LogP contribution in [-0.2, 0) is 0 Å². The Hall–Kier alpha value is -17.9. The molecule has 12 heterocycles. The van der Waals surface area contributed by atoms with Gasteiger partial charge in [0, 0.05) is 209 Å². The summed E-state index contributed by atoms with van der Waals surface area (Å²) < 4.78 is 12.1. The molecule has 672 valence electrons.